The fourth-order valence-electron chi connectivity index (χ4n) is 7.07. The number of carbonyl (C=O) groups excluding carboxylic acids is 2. The second kappa shape index (κ2) is 8.12. The van der Waals surface area contributed by atoms with E-state index in [1.165, 1.54) is 13.8 Å². The third-order valence-corrected chi connectivity index (χ3v) is 10.7. The minimum absolute atomic E-state index is 0.0624. The quantitative estimate of drug-likeness (QED) is 0.612. The van der Waals surface area contributed by atoms with Crippen molar-refractivity contribution in [1.82, 2.24) is 4.31 Å². The highest BCUT2D eigenvalue weighted by atomic mass is 32.2. The van der Waals surface area contributed by atoms with Crippen LogP contribution in [-0.2, 0) is 19.6 Å². The molecule has 0 radical (unpaired) electrons. The van der Waals surface area contributed by atoms with E-state index in [9.17, 15) is 26.8 Å². The lowest BCUT2D eigenvalue weighted by Gasteiger charge is -2.59. The molecule has 4 bridgehead atoms. The van der Waals surface area contributed by atoms with Crippen LogP contribution in [-0.4, -0.2) is 36.5 Å². The largest absolute Gasteiger partial charge is 0.369 e. The van der Waals surface area contributed by atoms with E-state index in [0.717, 1.165) is 41.8 Å². The Hall–Kier alpha value is -1.87. The summed E-state index contributed by atoms with van der Waals surface area (Å²) in [5.74, 6) is -1.97. The van der Waals surface area contributed by atoms with Gasteiger partial charge in [0.05, 0.1) is 5.54 Å². The molecule has 2 N–H and O–H groups in total. The van der Waals surface area contributed by atoms with E-state index in [4.69, 9.17) is 5.73 Å². The van der Waals surface area contributed by atoms with Crippen molar-refractivity contribution in [2.45, 2.75) is 69.7 Å². The van der Waals surface area contributed by atoms with Crippen LogP contribution in [0.3, 0.4) is 0 Å². The molecule has 33 heavy (non-hydrogen) atoms. The van der Waals surface area contributed by atoms with Gasteiger partial charge in [-0.2, -0.15) is 4.31 Å². The molecule has 1 aromatic carbocycles. The zero-order valence-electron chi connectivity index (χ0n) is 19.3. The molecule has 0 aromatic heterocycles. The van der Waals surface area contributed by atoms with Crippen molar-refractivity contribution in [3.63, 3.8) is 0 Å². The van der Waals surface area contributed by atoms with Crippen LogP contribution in [0.5, 0.6) is 0 Å². The number of Topliss-reactive ketones (excluding diaryl/α,β-unsaturated/α-hetero) is 1. The summed E-state index contributed by atoms with van der Waals surface area (Å²) in [6.07, 6.45) is 4.29. The van der Waals surface area contributed by atoms with E-state index >= 15 is 0 Å². The Morgan fingerprint density at radius 3 is 2.15 bits per heavy atom. The number of nitrogens with zero attached hydrogens (tertiary/aromatic N) is 1. The highest BCUT2D eigenvalue weighted by Crippen LogP contribution is 2.63. The van der Waals surface area contributed by atoms with Crippen LogP contribution in [0.15, 0.2) is 23.1 Å². The van der Waals surface area contributed by atoms with Gasteiger partial charge in [0.2, 0.25) is 15.9 Å². The van der Waals surface area contributed by atoms with Crippen molar-refractivity contribution in [2.75, 3.05) is 6.54 Å². The minimum atomic E-state index is -4.60. The van der Waals surface area contributed by atoms with Gasteiger partial charge in [0.15, 0.2) is 10.7 Å². The molecule has 1 aromatic rings. The first-order valence-electron chi connectivity index (χ1n) is 11.6. The predicted molar refractivity (Wildman–Crippen MR) is 118 cm³/mol. The van der Waals surface area contributed by atoms with E-state index in [0.29, 0.717) is 18.8 Å². The molecule has 4 aliphatic rings. The fourth-order valence-corrected chi connectivity index (χ4v) is 8.96. The van der Waals surface area contributed by atoms with Crippen LogP contribution in [0, 0.1) is 40.7 Å². The van der Waals surface area contributed by atoms with E-state index in [2.05, 4.69) is 0 Å². The van der Waals surface area contributed by atoms with E-state index in [-0.39, 0.29) is 42.4 Å². The number of halogens is 2. The van der Waals surface area contributed by atoms with Gasteiger partial charge in [0, 0.05) is 18.4 Å². The molecule has 4 aliphatic carbocycles. The van der Waals surface area contributed by atoms with Crippen LogP contribution in [0.4, 0.5) is 8.78 Å². The molecule has 6 nitrogen and oxygen atoms in total. The maximum absolute atomic E-state index is 14.3. The second-order valence-electron chi connectivity index (χ2n) is 10.7. The van der Waals surface area contributed by atoms with Crippen LogP contribution in [0.1, 0.15) is 59.3 Å². The van der Waals surface area contributed by atoms with E-state index in [1.807, 2.05) is 0 Å². The first-order valence-corrected chi connectivity index (χ1v) is 13.1. The molecule has 182 valence electrons. The molecule has 0 aliphatic heterocycles. The number of carbonyl (C=O) groups is 2. The van der Waals surface area contributed by atoms with Crippen molar-refractivity contribution in [2.24, 2.45) is 34.8 Å². The van der Waals surface area contributed by atoms with Crippen LogP contribution < -0.4 is 5.73 Å². The monoisotopic (exact) mass is 482 g/mol. The third kappa shape index (κ3) is 3.81. The summed E-state index contributed by atoms with van der Waals surface area (Å²) in [6, 6.07) is 2.88. The summed E-state index contributed by atoms with van der Waals surface area (Å²) in [6.45, 7) is 4.43. The molecule has 0 heterocycles. The topological polar surface area (TPSA) is 97.5 Å². The number of benzene rings is 1. The highest BCUT2D eigenvalue weighted by molar-refractivity contribution is 7.89. The zero-order valence-corrected chi connectivity index (χ0v) is 20.1. The van der Waals surface area contributed by atoms with Crippen molar-refractivity contribution in [1.29, 1.82) is 0 Å². The third-order valence-electron chi connectivity index (χ3n) is 8.47. The number of rotatable bonds is 8. The Morgan fingerprint density at radius 2 is 1.67 bits per heavy atom. The average Bonchev–Trinajstić information content (AvgIpc) is 2.69. The lowest BCUT2D eigenvalue weighted by molar-refractivity contribution is -0.152. The first kappa shape index (κ1) is 24.3. The number of primary amides is 1. The lowest BCUT2D eigenvalue weighted by atomic mass is 9.45. The second-order valence-corrected chi connectivity index (χ2v) is 12.5. The summed E-state index contributed by atoms with van der Waals surface area (Å²) in [5, 5.41) is 0. The van der Waals surface area contributed by atoms with Crippen molar-refractivity contribution >= 4 is 21.7 Å². The van der Waals surface area contributed by atoms with Gasteiger partial charge >= 0.3 is 0 Å². The molecule has 0 saturated heterocycles. The molecule has 4 fully saturated rings. The number of sulfonamides is 1. The molecule has 2 unspecified atom stereocenters. The molecule has 9 heteroatoms. The number of hydrogen-bond donors (Lipinski definition) is 1. The minimum Gasteiger partial charge on any atom is -0.369 e. The molecule has 1 amide bonds. The van der Waals surface area contributed by atoms with Gasteiger partial charge in [-0.3, -0.25) is 9.59 Å². The predicted octanol–water partition coefficient (Wildman–Crippen LogP) is 3.64. The van der Waals surface area contributed by atoms with Gasteiger partial charge in [-0.1, -0.05) is 13.0 Å². The smallest absolute Gasteiger partial charge is 0.249 e. The maximum Gasteiger partial charge on any atom is 0.249 e. The van der Waals surface area contributed by atoms with Gasteiger partial charge in [-0.15, -0.1) is 0 Å². The molecule has 4 saturated carbocycles. The molecular formula is C24H32F2N2O4S. The Morgan fingerprint density at radius 1 is 1.12 bits per heavy atom. The SMILES string of the molecule is CCN(C(C)(C)C(=O)CC1C2CC3CC1CC(C(N)=O)(C3)C2)S(=O)(=O)c1c(F)cccc1F. The molecular weight excluding hydrogens is 450 g/mol. The number of ketones is 1. The average molecular weight is 483 g/mol. The molecule has 5 rings (SSSR count). The normalized spacial score (nSPS) is 31.2. The summed E-state index contributed by atoms with van der Waals surface area (Å²) in [7, 11) is -4.60. The van der Waals surface area contributed by atoms with Crippen molar-refractivity contribution < 1.29 is 26.8 Å². The summed E-state index contributed by atoms with van der Waals surface area (Å²) < 4.78 is 56.1. The van der Waals surface area contributed by atoms with Crippen LogP contribution in [0.2, 0.25) is 0 Å². The standard InChI is InChI=1S/C24H32F2N2O4S/c1-4-28(33(31,32)21-18(25)6-5-7-19(21)26)23(2,3)20(29)10-17-15-8-14-9-16(17)13-24(11-14,12-15)22(27)30/h5-7,14-17H,4,8-13H2,1-3H3,(H2,27,30). The van der Waals surface area contributed by atoms with Crippen molar-refractivity contribution in [3.05, 3.63) is 29.8 Å². The number of likely N-dealkylation sites (N-methyl/N-ethyl adjacent to an activating group) is 1. The zero-order chi connectivity index (χ0) is 24.3. The summed E-state index contributed by atoms with van der Waals surface area (Å²) in [5.41, 5.74) is 3.80. The van der Waals surface area contributed by atoms with Crippen LogP contribution in [0.25, 0.3) is 0 Å². The first-order chi connectivity index (χ1) is 15.3. The lowest BCUT2D eigenvalue weighted by Crippen LogP contribution is -2.58. The molecule has 0 spiro atoms. The highest BCUT2D eigenvalue weighted by Gasteiger charge is 2.58. The Labute approximate surface area is 193 Å². The summed E-state index contributed by atoms with van der Waals surface area (Å²) in [4.78, 5) is 24.7. The summed E-state index contributed by atoms with van der Waals surface area (Å²) >= 11 is 0. The number of nitrogens with two attached hydrogens (primary N) is 1. The Kier molecular flexibility index (Phi) is 5.97. The number of hydrogen-bond acceptors (Lipinski definition) is 4. The molecule has 2 atom stereocenters. The fraction of sp³-hybridized carbons (Fsp3) is 0.667. The van der Waals surface area contributed by atoms with Gasteiger partial charge in [0.25, 0.3) is 0 Å². The van der Waals surface area contributed by atoms with E-state index < -0.39 is 37.5 Å². The maximum atomic E-state index is 14.3. The van der Waals surface area contributed by atoms with Gasteiger partial charge < -0.3 is 5.73 Å². The van der Waals surface area contributed by atoms with Gasteiger partial charge in [-0.05, 0) is 81.8 Å². The van der Waals surface area contributed by atoms with Crippen molar-refractivity contribution in [3.8, 4) is 0 Å². The van der Waals surface area contributed by atoms with E-state index in [1.54, 1.807) is 6.92 Å². The Balaban J connectivity index is 1.58. The van der Waals surface area contributed by atoms with Crippen LogP contribution >= 0.6 is 0 Å². The Bertz CT molecular complexity index is 1050. The van der Waals surface area contributed by atoms with Gasteiger partial charge in [-0.25, -0.2) is 17.2 Å². The van der Waals surface area contributed by atoms with Gasteiger partial charge in [0.1, 0.15) is 11.6 Å². The number of amides is 1.